The predicted molar refractivity (Wildman–Crippen MR) is 146 cm³/mol. The molecule has 0 radical (unpaired) electrons. The molecule has 2 nitrogen and oxygen atoms in total. The van der Waals surface area contributed by atoms with E-state index in [1.165, 1.54) is 35.1 Å². The highest BCUT2D eigenvalue weighted by Gasteiger charge is 2.37. The Morgan fingerprint density at radius 3 is 2.20 bits per heavy atom. The molecule has 0 aromatic heterocycles. The zero-order valence-electron chi connectivity index (χ0n) is 21.8. The molecule has 4 rings (SSSR count). The van der Waals surface area contributed by atoms with Crippen LogP contribution in [0.3, 0.4) is 0 Å². The van der Waals surface area contributed by atoms with Gasteiger partial charge in [-0.2, -0.15) is 0 Å². The average Bonchev–Trinajstić information content (AvgIpc) is 2.85. The van der Waals surface area contributed by atoms with Crippen molar-refractivity contribution in [2.45, 2.75) is 70.6 Å². The number of fused-ring (bicyclic) bond motifs is 1. The maximum absolute atomic E-state index is 12.0. The van der Waals surface area contributed by atoms with Crippen LogP contribution in [0, 0.1) is 0 Å². The van der Waals surface area contributed by atoms with Gasteiger partial charge in [0.15, 0.2) is 0 Å². The summed E-state index contributed by atoms with van der Waals surface area (Å²) in [5.41, 5.74) is 7.75. The Balaban J connectivity index is 1.67. The van der Waals surface area contributed by atoms with Gasteiger partial charge in [0.1, 0.15) is 0 Å². The van der Waals surface area contributed by atoms with Crippen LogP contribution in [0.1, 0.15) is 91.6 Å². The number of rotatable bonds is 7. The third-order valence-electron chi connectivity index (χ3n) is 7.55. The predicted octanol–water partition coefficient (Wildman–Crippen LogP) is 8.25. The van der Waals surface area contributed by atoms with Gasteiger partial charge in [0, 0.05) is 5.92 Å². The molecule has 0 spiro atoms. The van der Waals surface area contributed by atoms with Gasteiger partial charge in [0.05, 0.1) is 12.2 Å². The van der Waals surface area contributed by atoms with Crippen LogP contribution >= 0.6 is 0 Å². The summed E-state index contributed by atoms with van der Waals surface area (Å²) in [7, 11) is 0. The van der Waals surface area contributed by atoms with Crippen LogP contribution in [-0.2, 0) is 22.0 Å². The third-order valence-corrected chi connectivity index (χ3v) is 7.55. The van der Waals surface area contributed by atoms with Gasteiger partial charge in [-0.15, -0.1) is 0 Å². The van der Waals surface area contributed by atoms with Crippen molar-refractivity contribution >= 4 is 12.0 Å². The molecular formula is C33H38O2. The van der Waals surface area contributed by atoms with E-state index in [1.54, 1.807) is 0 Å². The highest BCUT2D eigenvalue weighted by molar-refractivity contribution is 5.89. The molecule has 0 bridgehead atoms. The topological polar surface area (TPSA) is 26.3 Å². The van der Waals surface area contributed by atoms with E-state index in [9.17, 15) is 4.79 Å². The summed E-state index contributed by atoms with van der Waals surface area (Å²) in [6.45, 7) is 11.7. The Morgan fingerprint density at radius 1 is 0.886 bits per heavy atom. The summed E-state index contributed by atoms with van der Waals surface area (Å²) < 4.78 is 5.11. The van der Waals surface area contributed by atoms with Crippen molar-refractivity contribution in [3.63, 3.8) is 0 Å². The number of allylic oxidation sites excluding steroid dienone is 1. The van der Waals surface area contributed by atoms with Gasteiger partial charge in [-0.25, -0.2) is 4.79 Å². The zero-order chi connectivity index (χ0) is 25.1. The van der Waals surface area contributed by atoms with Crippen molar-refractivity contribution in [3.8, 4) is 0 Å². The fraction of sp³-hybridized carbons (Fsp3) is 0.364. The van der Waals surface area contributed by atoms with Gasteiger partial charge in [0.2, 0.25) is 0 Å². The molecule has 3 aromatic rings. The molecule has 1 aliphatic carbocycles. The number of carbonyl (C=O) groups is 1. The smallest absolute Gasteiger partial charge is 0.338 e. The van der Waals surface area contributed by atoms with Crippen molar-refractivity contribution in [3.05, 3.63) is 112 Å². The summed E-state index contributed by atoms with van der Waals surface area (Å²) >= 11 is 0. The lowest BCUT2D eigenvalue weighted by Gasteiger charge is -2.42. The quantitative estimate of drug-likeness (QED) is 0.328. The monoisotopic (exact) mass is 466 g/mol. The molecule has 182 valence electrons. The van der Waals surface area contributed by atoms with Crippen molar-refractivity contribution < 1.29 is 9.53 Å². The fourth-order valence-corrected chi connectivity index (χ4v) is 5.17. The summed E-state index contributed by atoms with van der Waals surface area (Å²) in [5, 5.41) is 0. The molecule has 0 heterocycles. The molecule has 1 unspecified atom stereocenters. The van der Waals surface area contributed by atoms with E-state index in [0.29, 0.717) is 12.2 Å². The van der Waals surface area contributed by atoms with Crippen molar-refractivity contribution in [2.24, 2.45) is 0 Å². The highest BCUT2D eigenvalue weighted by atomic mass is 16.5. The number of hydrogen-bond acceptors (Lipinski definition) is 2. The lowest BCUT2D eigenvalue weighted by Crippen LogP contribution is -2.34. The molecule has 1 aliphatic rings. The van der Waals surface area contributed by atoms with Crippen molar-refractivity contribution in [1.82, 2.24) is 0 Å². The zero-order valence-corrected chi connectivity index (χ0v) is 21.8. The molecule has 0 saturated heterocycles. The molecule has 0 N–H and O–H groups in total. The van der Waals surface area contributed by atoms with Crippen LogP contribution in [0.15, 0.2) is 78.9 Å². The minimum absolute atomic E-state index is 0.185. The van der Waals surface area contributed by atoms with E-state index in [-0.39, 0.29) is 22.7 Å². The standard InChI is InChI=1S/C33H38O2/c1-6-35-31(34)26-15-12-24(13-16-26)14-17-27(22-25-10-8-7-9-11-25)28-18-19-29-30(23-28)33(4,5)21-20-32(29,2)3/h7-19,23,27H,6,20-22H2,1-5H3/b17-14+. The molecule has 0 aliphatic heterocycles. The normalized spacial score (nSPS) is 17.1. The first kappa shape index (κ1) is 25.0. The minimum atomic E-state index is -0.274. The first-order valence-corrected chi connectivity index (χ1v) is 12.8. The second-order valence-electron chi connectivity index (χ2n) is 11.1. The van der Waals surface area contributed by atoms with Crippen LogP contribution < -0.4 is 0 Å². The first-order valence-electron chi connectivity index (χ1n) is 12.8. The third kappa shape index (κ3) is 5.75. The molecule has 0 amide bonds. The summed E-state index contributed by atoms with van der Waals surface area (Å²) in [5.74, 6) is -0.0159. The minimum Gasteiger partial charge on any atom is -0.462 e. The van der Waals surface area contributed by atoms with E-state index in [4.69, 9.17) is 4.74 Å². The number of hydrogen-bond donors (Lipinski definition) is 0. The average molecular weight is 467 g/mol. The SMILES string of the molecule is CCOC(=O)c1ccc(/C=C/C(Cc2ccccc2)c2ccc3c(c2)C(C)(C)CCC3(C)C)cc1. The van der Waals surface area contributed by atoms with Crippen LogP contribution in [0.4, 0.5) is 0 Å². The van der Waals surface area contributed by atoms with Crippen molar-refractivity contribution in [1.29, 1.82) is 0 Å². The summed E-state index contributed by atoms with van der Waals surface area (Å²) in [6, 6.07) is 25.6. The Morgan fingerprint density at radius 2 is 1.54 bits per heavy atom. The van der Waals surface area contributed by atoms with Gasteiger partial charge < -0.3 is 4.74 Å². The lowest BCUT2D eigenvalue weighted by molar-refractivity contribution is 0.0526. The number of ether oxygens (including phenoxy) is 1. The van der Waals surface area contributed by atoms with E-state index >= 15 is 0 Å². The molecule has 0 saturated carbocycles. The second-order valence-corrected chi connectivity index (χ2v) is 11.1. The number of benzene rings is 3. The van der Waals surface area contributed by atoms with E-state index in [1.807, 2.05) is 31.2 Å². The molecular weight excluding hydrogens is 428 g/mol. The summed E-state index contributed by atoms with van der Waals surface area (Å²) in [6.07, 6.45) is 7.87. The van der Waals surface area contributed by atoms with Gasteiger partial charge in [0.25, 0.3) is 0 Å². The van der Waals surface area contributed by atoms with E-state index < -0.39 is 0 Å². The molecule has 35 heavy (non-hydrogen) atoms. The molecule has 1 atom stereocenters. The maximum Gasteiger partial charge on any atom is 0.338 e. The largest absolute Gasteiger partial charge is 0.462 e. The second kappa shape index (κ2) is 10.2. The van der Waals surface area contributed by atoms with Crippen LogP contribution in [0.5, 0.6) is 0 Å². The Kier molecular flexibility index (Phi) is 7.31. The fourth-order valence-electron chi connectivity index (χ4n) is 5.17. The van der Waals surface area contributed by atoms with Gasteiger partial charge >= 0.3 is 5.97 Å². The summed E-state index contributed by atoms with van der Waals surface area (Å²) in [4.78, 5) is 12.0. The molecule has 0 fully saturated rings. The van der Waals surface area contributed by atoms with Crippen LogP contribution in [0.25, 0.3) is 6.08 Å². The Labute approximate surface area is 211 Å². The molecule has 3 aromatic carbocycles. The van der Waals surface area contributed by atoms with E-state index in [2.05, 4.69) is 88.4 Å². The van der Waals surface area contributed by atoms with E-state index in [0.717, 1.165) is 12.0 Å². The first-order chi connectivity index (χ1) is 16.7. The van der Waals surface area contributed by atoms with Crippen LogP contribution in [-0.4, -0.2) is 12.6 Å². The van der Waals surface area contributed by atoms with Gasteiger partial charge in [-0.3, -0.25) is 0 Å². The number of carbonyl (C=O) groups excluding carboxylic acids is 1. The Hall–Kier alpha value is -3.13. The molecule has 2 heteroatoms. The van der Waals surface area contributed by atoms with Crippen LogP contribution in [0.2, 0.25) is 0 Å². The Bertz CT molecular complexity index is 1180. The highest BCUT2D eigenvalue weighted by Crippen LogP contribution is 2.46. The number of esters is 1. The van der Waals surface area contributed by atoms with Gasteiger partial charge in [-0.05, 0) is 77.0 Å². The van der Waals surface area contributed by atoms with Gasteiger partial charge in [-0.1, -0.05) is 101 Å². The lowest BCUT2D eigenvalue weighted by atomic mass is 9.62. The van der Waals surface area contributed by atoms with Crippen molar-refractivity contribution in [2.75, 3.05) is 6.61 Å². The maximum atomic E-state index is 12.0.